The minimum absolute atomic E-state index is 0.128. The Morgan fingerprint density at radius 3 is 2.72 bits per heavy atom. The van der Waals surface area contributed by atoms with Crippen molar-refractivity contribution in [1.82, 2.24) is 25.0 Å². The van der Waals surface area contributed by atoms with Crippen LogP contribution in [0.5, 0.6) is 0 Å². The van der Waals surface area contributed by atoms with E-state index in [1.807, 2.05) is 6.92 Å². The predicted octanol–water partition coefficient (Wildman–Crippen LogP) is 3.08. The number of nitrogens with zero attached hydrogens (tertiary/aromatic N) is 6. The van der Waals surface area contributed by atoms with Gasteiger partial charge in [-0.15, -0.1) is 0 Å². The molecule has 0 bridgehead atoms. The topological polar surface area (TPSA) is 138 Å². The van der Waals surface area contributed by atoms with Crippen molar-refractivity contribution in [3.63, 3.8) is 0 Å². The van der Waals surface area contributed by atoms with Crippen LogP contribution in [0.3, 0.4) is 0 Å². The summed E-state index contributed by atoms with van der Waals surface area (Å²) >= 11 is 0. The number of hydrogen-bond acceptors (Lipinski definition) is 8. The van der Waals surface area contributed by atoms with Crippen molar-refractivity contribution in [2.75, 3.05) is 17.3 Å². The number of amides is 2. The summed E-state index contributed by atoms with van der Waals surface area (Å²) in [5, 5.41) is 17.4. The van der Waals surface area contributed by atoms with Gasteiger partial charge in [-0.25, -0.2) is 19.9 Å². The monoisotopic (exact) mass is 488 g/mol. The molecule has 1 spiro atoms. The number of anilines is 3. The number of pyridine rings is 2. The third-order valence-electron chi connectivity index (χ3n) is 6.83. The lowest BCUT2D eigenvalue weighted by atomic mass is 9.79. The van der Waals surface area contributed by atoms with Crippen LogP contribution in [0.2, 0.25) is 0 Å². The lowest BCUT2D eigenvalue weighted by Crippen LogP contribution is -2.43. The van der Waals surface area contributed by atoms with Gasteiger partial charge in [-0.2, -0.15) is 4.73 Å². The summed E-state index contributed by atoms with van der Waals surface area (Å²) in [5.74, 6) is 1.48. The number of rotatable bonds is 4. The molecule has 3 N–H and O–H groups in total. The standard InChI is InChI=1S/C25H28N8O3/c1-15-12-21(33(36)23-22(15)24(35)31-25(23)10-5-4-6-11-25)30-19-13-18(26-14-27-19)28-17-8-7-9-20(29-17)32(3)16(2)34/h7-9,12-14,36H,4-6,10-11H2,1-3H3,(H,31,35)(H,26,27,28,29). The summed E-state index contributed by atoms with van der Waals surface area (Å²) in [6.45, 7) is 3.32. The van der Waals surface area contributed by atoms with Gasteiger partial charge in [0.25, 0.3) is 5.91 Å². The van der Waals surface area contributed by atoms with Gasteiger partial charge in [-0.05, 0) is 43.5 Å². The molecule has 11 nitrogen and oxygen atoms in total. The molecule has 0 atom stereocenters. The van der Waals surface area contributed by atoms with E-state index in [1.165, 1.54) is 18.2 Å². The highest BCUT2D eigenvalue weighted by Crippen LogP contribution is 2.42. The maximum Gasteiger partial charge on any atom is 0.254 e. The molecule has 0 saturated heterocycles. The Bertz CT molecular complexity index is 1430. The summed E-state index contributed by atoms with van der Waals surface area (Å²) in [5.41, 5.74) is 1.55. The Morgan fingerprint density at radius 2 is 1.97 bits per heavy atom. The SMILES string of the molecule is CC(=O)N(C)c1cccc(Nc2cc(N=c3cc(C)c4c(n3O)C3(CCCCC3)NC4=O)ncn2)n1. The second kappa shape index (κ2) is 9.06. The summed E-state index contributed by atoms with van der Waals surface area (Å²) < 4.78 is 1.03. The Hall–Kier alpha value is -4.28. The average Bonchev–Trinajstić information content (AvgIpc) is 3.14. The Kier molecular flexibility index (Phi) is 5.91. The van der Waals surface area contributed by atoms with Crippen molar-refractivity contribution in [3.05, 3.63) is 59.0 Å². The molecule has 3 aromatic rings. The first kappa shape index (κ1) is 23.5. The molecule has 1 fully saturated rings. The zero-order valence-electron chi connectivity index (χ0n) is 20.4. The summed E-state index contributed by atoms with van der Waals surface area (Å²) in [7, 11) is 1.65. The van der Waals surface area contributed by atoms with E-state index in [9.17, 15) is 14.8 Å². The van der Waals surface area contributed by atoms with Gasteiger partial charge in [-0.1, -0.05) is 25.3 Å². The third-order valence-corrected chi connectivity index (χ3v) is 6.83. The third kappa shape index (κ3) is 4.16. The van der Waals surface area contributed by atoms with E-state index in [-0.39, 0.29) is 17.3 Å². The second-order valence-electron chi connectivity index (χ2n) is 9.28. The molecule has 3 aromatic heterocycles. The van der Waals surface area contributed by atoms with Crippen molar-refractivity contribution in [2.24, 2.45) is 4.99 Å². The van der Waals surface area contributed by atoms with Gasteiger partial charge in [0.2, 0.25) is 5.91 Å². The number of aryl methyl sites for hydroxylation is 1. The first-order valence-electron chi connectivity index (χ1n) is 11.9. The molecule has 1 aliphatic carbocycles. The molecule has 5 rings (SSSR count). The lowest BCUT2D eigenvalue weighted by molar-refractivity contribution is -0.116. The minimum Gasteiger partial charge on any atom is -0.427 e. The zero-order valence-corrected chi connectivity index (χ0v) is 20.4. The van der Waals surface area contributed by atoms with Gasteiger partial charge >= 0.3 is 0 Å². The molecule has 2 amide bonds. The van der Waals surface area contributed by atoms with Crippen LogP contribution in [0.15, 0.2) is 41.7 Å². The van der Waals surface area contributed by atoms with Crippen molar-refractivity contribution in [3.8, 4) is 0 Å². The molecule has 1 saturated carbocycles. The Balaban J connectivity index is 1.50. The molecule has 0 unspecified atom stereocenters. The maximum atomic E-state index is 12.8. The van der Waals surface area contributed by atoms with E-state index in [1.54, 1.807) is 37.4 Å². The fourth-order valence-electron chi connectivity index (χ4n) is 4.96. The van der Waals surface area contributed by atoms with Crippen LogP contribution in [0.1, 0.15) is 60.6 Å². The minimum atomic E-state index is -0.572. The van der Waals surface area contributed by atoms with Crippen molar-refractivity contribution >= 4 is 35.1 Å². The van der Waals surface area contributed by atoms with Crippen LogP contribution >= 0.6 is 0 Å². The van der Waals surface area contributed by atoms with Gasteiger partial charge in [-0.3, -0.25) is 9.59 Å². The van der Waals surface area contributed by atoms with E-state index in [2.05, 4.69) is 30.6 Å². The Labute approximate surface area is 207 Å². The number of fused-ring (bicyclic) bond motifs is 2. The van der Waals surface area contributed by atoms with E-state index in [0.29, 0.717) is 34.5 Å². The van der Waals surface area contributed by atoms with Crippen molar-refractivity contribution in [1.29, 1.82) is 0 Å². The van der Waals surface area contributed by atoms with E-state index >= 15 is 0 Å². The molecule has 0 radical (unpaired) electrons. The lowest BCUT2D eigenvalue weighted by Gasteiger charge is -2.34. The number of aromatic nitrogens is 4. The maximum absolute atomic E-state index is 12.8. The van der Waals surface area contributed by atoms with Crippen molar-refractivity contribution in [2.45, 2.75) is 51.5 Å². The van der Waals surface area contributed by atoms with Crippen LogP contribution in [0, 0.1) is 6.92 Å². The highest BCUT2D eigenvalue weighted by atomic mass is 16.5. The fraction of sp³-hybridized carbons (Fsp3) is 0.360. The molecule has 1 aliphatic heterocycles. The fourth-order valence-corrected chi connectivity index (χ4v) is 4.96. The van der Waals surface area contributed by atoms with Gasteiger partial charge < -0.3 is 20.7 Å². The zero-order chi connectivity index (χ0) is 25.4. The highest BCUT2D eigenvalue weighted by Gasteiger charge is 2.47. The predicted molar refractivity (Wildman–Crippen MR) is 132 cm³/mol. The van der Waals surface area contributed by atoms with E-state index in [4.69, 9.17) is 0 Å². The molecular formula is C25H28N8O3. The molecule has 2 aliphatic rings. The first-order chi connectivity index (χ1) is 17.3. The molecule has 36 heavy (non-hydrogen) atoms. The van der Waals surface area contributed by atoms with Crippen LogP contribution in [-0.2, 0) is 10.3 Å². The molecule has 4 heterocycles. The van der Waals surface area contributed by atoms with Crippen LogP contribution in [-0.4, -0.2) is 43.8 Å². The summed E-state index contributed by atoms with van der Waals surface area (Å²) in [6.07, 6.45) is 6.00. The van der Waals surface area contributed by atoms with Crippen LogP contribution in [0.25, 0.3) is 0 Å². The van der Waals surface area contributed by atoms with Crippen LogP contribution in [0.4, 0.5) is 23.3 Å². The van der Waals surface area contributed by atoms with E-state index < -0.39 is 5.54 Å². The number of carbonyl (C=O) groups excluding carboxylic acids is 2. The smallest absolute Gasteiger partial charge is 0.254 e. The average molecular weight is 489 g/mol. The van der Waals surface area contributed by atoms with Crippen molar-refractivity contribution < 1.29 is 14.8 Å². The van der Waals surface area contributed by atoms with Gasteiger partial charge in [0.15, 0.2) is 11.3 Å². The molecule has 11 heteroatoms. The van der Waals surface area contributed by atoms with Gasteiger partial charge in [0, 0.05) is 20.0 Å². The Morgan fingerprint density at radius 1 is 1.19 bits per heavy atom. The molecular weight excluding hydrogens is 460 g/mol. The van der Waals surface area contributed by atoms with Crippen LogP contribution < -0.4 is 21.0 Å². The quantitative estimate of drug-likeness (QED) is 0.480. The number of carbonyl (C=O) groups is 2. The van der Waals surface area contributed by atoms with Gasteiger partial charge in [0.1, 0.15) is 23.8 Å². The number of nitrogens with one attached hydrogen (secondary N) is 2. The largest absolute Gasteiger partial charge is 0.427 e. The highest BCUT2D eigenvalue weighted by molar-refractivity contribution is 6.00. The van der Waals surface area contributed by atoms with Gasteiger partial charge in [0.05, 0.1) is 16.8 Å². The normalized spacial score (nSPS) is 16.5. The molecule has 186 valence electrons. The van der Waals surface area contributed by atoms with E-state index in [0.717, 1.165) is 42.4 Å². The summed E-state index contributed by atoms with van der Waals surface area (Å²) in [6, 6.07) is 8.59. The summed E-state index contributed by atoms with van der Waals surface area (Å²) in [4.78, 5) is 43.4. The first-order valence-corrected chi connectivity index (χ1v) is 11.9. The number of hydrogen-bond donors (Lipinski definition) is 3. The second-order valence-corrected chi connectivity index (χ2v) is 9.28. The molecule has 0 aromatic carbocycles.